The molecule has 0 unspecified atom stereocenters. The normalized spacial score (nSPS) is 12.3. The highest BCUT2D eigenvalue weighted by Crippen LogP contribution is 2.16. The van der Waals surface area contributed by atoms with Crippen molar-refractivity contribution in [3.8, 4) is 0 Å². The lowest BCUT2D eigenvalue weighted by Gasteiger charge is -2.18. The topological polar surface area (TPSA) is 78.9 Å². The first kappa shape index (κ1) is 63.4. The van der Waals surface area contributed by atoms with Crippen molar-refractivity contribution >= 4 is 17.9 Å². The van der Waals surface area contributed by atoms with Gasteiger partial charge in [0.15, 0.2) is 6.10 Å². The largest absolute Gasteiger partial charge is 0.462 e. The van der Waals surface area contributed by atoms with Gasteiger partial charge in [-0.05, 0) is 64.2 Å². The van der Waals surface area contributed by atoms with Gasteiger partial charge in [0.05, 0.1) is 0 Å². The number of allylic oxidation sites excluding steroid dienone is 8. The highest BCUT2D eigenvalue weighted by molar-refractivity contribution is 5.71. The maximum atomic E-state index is 12.8. The summed E-state index contributed by atoms with van der Waals surface area (Å²) < 4.78 is 16.8. The molecule has 6 nitrogen and oxygen atoms in total. The van der Waals surface area contributed by atoms with Crippen LogP contribution in [0.5, 0.6) is 0 Å². The third kappa shape index (κ3) is 52.3. The smallest absolute Gasteiger partial charge is 0.306 e. The van der Waals surface area contributed by atoms with E-state index in [0.717, 1.165) is 83.5 Å². The van der Waals surface area contributed by atoms with Gasteiger partial charge < -0.3 is 14.2 Å². The highest BCUT2D eigenvalue weighted by Gasteiger charge is 2.19. The van der Waals surface area contributed by atoms with Crippen LogP contribution in [0.4, 0.5) is 0 Å². The van der Waals surface area contributed by atoms with Gasteiger partial charge in [-0.25, -0.2) is 0 Å². The van der Waals surface area contributed by atoms with E-state index in [0.29, 0.717) is 19.3 Å². The summed E-state index contributed by atoms with van der Waals surface area (Å²) in [5.41, 5.74) is 0. The summed E-state index contributed by atoms with van der Waals surface area (Å²) in [6.07, 6.45) is 66.8. The van der Waals surface area contributed by atoms with E-state index in [1.54, 1.807) is 0 Å². The van der Waals surface area contributed by atoms with E-state index < -0.39 is 6.10 Å². The van der Waals surface area contributed by atoms with E-state index in [9.17, 15) is 14.4 Å². The quantitative estimate of drug-likeness (QED) is 0.0262. The molecule has 66 heavy (non-hydrogen) atoms. The Morgan fingerprint density at radius 2 is 0.545 bits per heavy atom. The van der Waals surface area contributed by atoms with Crippen molar-refractivity contribution < 1.29 is 28.6 Å². The number of hydrogen-bond acceptors (Lipinski definition) is 6. The van der Waals surface area contributed by atoms with Crippen LogP contribution in [0.25, 0.3) is 0 Å². The molecule has 0 amide bonds. The molecule has 0 aromatic rings. The second kappa shape index (κ2) is 55.0. The molecule has 0 bridgehead atoms. The average Bonchev–Trinajstić information content (AvgIpc) is 3.31. The van der Waals surface area contributed by atoms with Crippen LogP contribution in [0.2, 0.25) is 0 Å². The molecule has 0 saturated carbocycles. The van der Waals surface area contributed by atoms with E-state index in [2.05, 4.69) is 69.4 Å². The molecule has 0 rings (SSSR count). The molecule has 0 saturated heterocycles. The first-order valence-electron chi connectivity index (χ1n) is 28.6. The molecule has 0 heterocycles. The van der Waals surface area contributed by atoms with Crippen molar-refractivity contribution in [2.24, 2.45) is 0 Å². The molecule has 1 atom stereocenters. The number of carbonyl (C=O) groups excluding carboxylic acids is 3. The van der Waals surface area contributed by atoms with Crippen LogP contribution in [0.15, 0.2) is 48.6 Å². The summed E-state index contributed by atoms with van der Waals surface area (Å²) in [6, 6.07) is 0. The second-order valence-electron chi connectivity index (χ2n) is 19.2. The lowest BCUT2D eigenvalue weighted by Crippen LogP contribution is -2.30. The van der Waals surface area contributed by atoms with Crippen molar-refractivity contribution in [3.05, 3.63) is 48.6 Å². The summed E-state index contributed by atoms with van der Waals surface area (Å²) in [4.78, 5) is 38.1. The van der Waals surface area contributed by atoms with Crippen molar-refractivity contribution in [1.29, 1.82) is 0 Å². The van der Waals surface area contributed by atoms with Crippen LogP contribution in [-0.4, -0.2) is 37.2 Å². The number of hydrogen-bond donors (Lipinski definition) is 0. The molecule has 0 spiro atoms. The molecule has 0 aromatic carbocycles. The molecule has 0 aliphatic carbocycles. The zero-order valence-corrected chi connectivity index (χ0v) is 44.0. The van der Waals surface area contributed by atoms with Gasteiger partial charge in [0, 0.05) is 19.3 Å². The minimum Gasteiger partial charge on any atom is -0.462 e. The Labute approximate surface area is 409 Å². The van der Waals surface area contributed by atoms with Crippen LogP contribution in [0.3, 0.4) is 0 Å². The third-order valence-corrected chi connectivity index (χ3v) is 12.6. The molecular formula is C60H108O6. The van der Waals surface area contributed by atoms with Gasteiger partial charge in [0.1, 0.15) is 13.2 Å². The number of unbranched alkanes of at least 4 members (excludes halogenated alkanes) is 33. The zero-order chi connectivity index (χ0) is 47.9. The van der Waals surface area contributed by atoms with Gasteiger partial charge >= 0.3 is 17.9 Å². The highest BCUT2D eigenvalue weighted by atomic mass is 16.6. The SMILES string of the molecule is CCCCC/C=C\C/C=C\C/C=C\C/C=C\CCCCCC(=O)OC[C@@H](COC(=O)CCCCCCCCCCCC)OC(=O)CCCCCCCCCCCCCCCCCCCCC. The first-order valence-corrected chi connectivity index (χ1v) is 28.6. The Balaban J connectivity index is 4.34. The number of ether oxygens (including phenoxy) is 3. The van der Waals surface area contributed by atoms with Crippen molar-refractivity contribution in [2.45, 2.75) is 303 Å². The van der Waals surface area contributed by atoms with Crippen molar-refractivity contribution in [2.75, 3.05) is 13.2 Å². The predicted molar refractivity (Wildman–Crippen MR) is 284 cm³/mol. The Morgan fingerprint density at radius 3 is 0.879 bits per heavy atom. The molecule has 0 N–H and O–H groups in total. The van der Waals surface area contributed by atoms with Crippen LogP contribution in [0.1, 0.15) is 297 Å². The lowest BCUT2D eigenvalue weighted by atomic mass is 10.0. The van der Waals surface area contributed by atoms with Crippen LogP contribution in [-0.2, 0) is 28.6 Å². The summed E-state index contributed by atoms with van der Waals surface area (Å²) in [5, 5.41) is 0. The minimum atomic E-state index is -0.782. The molecule has 0 fully saturated rings. The minimum absolute atomic E-state index is 0.0795. The Kier molecular flexibility index (Phi) is 52.8. The Hall–Kier alpha value is -2.63. The van der Waals surface area contributed by atoms with Crippen LogP contribution in [0, 0.1) is 0 Å². The summed E-state index contributed by atoms with van der Waals surface area (Å²) in [6.45, 7) is 6.61. The van der Waals surface area contributed by atoms with Crippen molar-refractivity contribution in [3.63, 3.8) is 0 Å². The van der Waals surface area contributed by atoms with Gasteiger partial charge in [-0.2, -0.15) is 0 Å². The van der Waals surface area contributed by atoms with Crippen LogP contribution < -0.4 is 0 Å². The van der Waals surface area contributed by atoms with E-state index >= 15 is 0 Å². The summed E-state index contributed by atoms with van der Waals surface area (Å²) >= 11 is 0. The summed E-state index contributed by atoms with van der Waals surface area (Å²) in [5.74, 6) is -0.898. The second-order valence-corrected chi connectivity index (χ2v) is 19.2. The van der Waals surface area contributed by atoms with Gasteiger partial charge in [0.2, 0.25) is 0 Å². The molecule has 384 valence electrons. The molecule has 0 aromatic heterocycles. The van der Waals surface area contributed by atoms with E-state index in [4.69, 9.17) is 14.2 Å². The Bertz CT molecular complexity index is 1150. The fourth-order valence-electron chi connectivity index (χ4n) is 8.25. The van der Waals surface area contributed by atoms with Crippen molar-refractivity contribution in [1.82, 2.24) is 0 Å². The predicted octanol–water partition coefficient (Wildman–Crippen LogP) is 19.0. The Morgan fingerprint density at radius 1 is 0.303 bits per heavy atom. The molecule has 0 aliphatic rings. The zero-order valence-electron chi connectivity index (χ0n) is 44.0. The maximum Gasteiger partial charge on any atom is 0.306 e. The average molecular weight is 926 g/mol. The van der Waals surface area contributed by atoms with Gasteiger partial charge in [-0.15, -0.1) is 0 Å². The fraction of sp³-hybridized carbons (Fsp3) is 0.817. The molecule has 6 heteroatoms. The maximum absolute atomic E-state index is 12.8. The van der Waals surface area contributed by atoms with E-state index in [-0.39, 0.29) is 31.1 Å². The summed E-state index contributed by atoms with van der Waals surface area (Å²) in [7, 11) is 0. The van der Waals surface area contributed by atoms with E-state index in [1.807, 2.05) is 0 Å². The lowest BCUT2D eigenvalue weighted by molar-refractivity contribution is -0.167. The number of rotatable bonds is 52. The fourth-order valence-corrected chi connectivity index (χ4v) is 8.25. The van der Waals surface area contributed by atoms with Gasteiger partial charge in [-0.3, -0.25) is 14.4 Å². The molecule has 0 radical (unpaired) electrons. The number of esters is 3. The van der Waals surface area contributed by atoms with E-state index in [1.165, 1.54) is 173 Å². The molecule has 0 aliphatic heterocycles. The van der Waals surface area contributed by atoms with Gasteiger partial charge in [-0.1, -0.05) is 262 Å². The number of carbonyl (C=O) groups is 3. The molecular weight excluding hydrogens is 817 g/mol. The third-order valence-electron chi connectivity index (χ3n) is 12.6. The first-order chi connectivity index (χ1) is 32.5. The van der Waals surface area contributed by atoms with Gasteiger partial charge in [0.25, 0.3) is 0 Å². The monoisotopic (exact) mass is 925 g/mol. The van der Waals surface area contributed by atoms with Crippen LogP contribution >= 0.6 is 0 Å². The standard InChI is InChI=1S/C60H108O6/c1-4-7-10-13-16-19-22-24-26-28-30-32-34-36-38-41-44-47-50-53-59(62)65-56-57(55-64-58(61)52-49-46-43-40-21-18-15-12-9-6-3)66-60(63)54-51-48-45-42-39-37-35-33-31-29-27-25-23-20-17-14-11-8-5-2/h16,19,24,26,30,32,36,38,57H,4-15,17-18,20-23,25,27-29,31,33-35,37,39-56H2,1-3H3/b19-16-,26-24-,32-30-,38-36-/t57-/m1/s1.